The fourth-order valence-electron chi connectivity index (χ4n) is 2.77. The van der Waals surface area contributed by atoms with E-state index in [0.717, 1.165) is 0 Å². The van der Waals surface area contributed by atoms with Crippen LogP contribution in [-0.2, 0) is 17.8 Å². The molecule has 0 aliphatic heterocycles. The zero-order chi connectivity index (χ0) is 21.5. The van der Waals surface area contributed by atoms with Crippen LogP contribution in [0, 0.1) is 12.7 Å². The third-order valence-corrected chi connectivity index (χ3v) is 4.92. The first-order valence-corrected chi connectivity index (χ1v) is 10.5. The highest BCUT2D eigenvalue weighted by atomic mass is 32.2. The summed E-state index contributed by atoms with van der Waals surface area (Å²) in [5.41, 5.74) is 1.47. The van der Waals surface area contributed by atoms with Crippen molar-refractivity contribution in [2.75, 3.05) is 6.26 Å². The number of aromatic amines is 1. The number of H-pyrrole nitrogens is 1. The number of aromatic nitrogens is 3. The monoisotopic (exact) mass is 428 g/mol. The van der Waals surface area contributed by atoms with Crippen molar-refractivity contribution in [1.29, 1.82) is 0 Å². The molecule has 2 N–H and O–H groups in total. The lowest BCUT2D eigenvalue weighted by atomic mass is 10.1. The van der Waals surface area contributed by atoms with Crippen LogP contribution in [0.15, 0.2) is 52.7 Å². The summed E-state index contributed by atoms with van der Waals surface area (Å²) < 4.78 is 19.7. The van der Waals surface area contributed by atoms with Crippen LogP contribution in [0.3, 0.4) is 0 Å². The smallest absolute Gasteiger partial charge is 0.254 e. The standard InChI is InChI=1S/C21H21FN4O3S/c1-13-16(20(28)26-21(25-13)30-2)6-8-19(27)24-11-14-5-7-18(17(22)10-14)29-15-4-3-9-23-12-15/h3-5,7,9-10,12H,6,8,11H2,1-2H3,(H,24,27)(H,25,26,28). The van der Waals surface area contributed by atoms with E-state index < -0.39 is 5.82 Å². The summed E-state index contributed by atoms with van der Waals surface area (Å²) >= 11 is 1.35. The highest BCUT2D eigenvalue weighted by Crippen LogP contribution is 2.24. The molecule has 0 spiro atoms. The average Bonchev–Trinajstić information content (AvgIpc) is 2.74. The van der Waals surface area contributed by atoms with Gasteiger partial charge in [0.25, 0.3) is 5.56 Å². The number of ether oxygens (including phenoxy) is 1. The molecule has 3 rings (SSSR count). The fraction of sp³-hybridized carbons (Fsp3) is 0.238. The first-order valence-electron chi connectivity index (χ1n) is 9.23. The summed E-state index contributed by atoms with van der Waals surface area (Å²) in [7, 11) is 0. The zero-order valence-electron chi connectivity index (χ0n) is 16.6. The number of rotatable bonds is 8. The molecule has 30 heavy (non-hydrogen) atoms. The van der Waals surface area contributed by atoms with E-state index in [-0.39, 0.29) is 36.6 Å². The van der Waals surface area contributed by atoms with Gasteiger partial charge in [0.05, 0.1) is 6.20 Å². The Labute approximate surface area is 177 Å². The van der Waals surface area contributed by atoms with E-state index in [4.69, 9.17) is 4.74 Å². The summed E-state index contributed by atoms with van der Waals surface area (Å²) in [5, 5.41) is 3.28. The topological polar surface area (TPSA) is 97.0 Å². The first-order chi connectivity index (χ1) is 14.5. The van der Waals surface area contributed by atoms with Crippen LogP contribution < -0.4 is 15.6 Å². The van der Waals surface area contributed by atoms with Gasteiger partial charge in [-0.25, -0.2) is 9.37 Å². The van der Waals surface area contributed by atoms with Gasteiger partial charge in [0.15, 0.2) is 16.7 Å². The van der Waals surface area contributed by atoms with Gasteiger partial charge in [-0.3, -0.25) is 14.6 Å². The Morgan fingerprint density at radius 1 is 1.33 bits per heavy atom. The molecule has 0 radical (unpaired) electrons. The minimum atomic E-state index is -0.535. The maximum Gasteiger partial charge on any atom is 0.254 e. The van der Waals surface area contributed by atoms with Crippen LogP contribution in [0.4, 0.5) is 4.39 Å². The number of nitrogens with one attached hydrogen (secondary N) is 2. The molecule has 156 valence electrons. The number of carbonyl (C=O) groups is 1. The van der Waals surface area contributed by atoms with Gasteiger partial charge in [-0.05, 0) is 49.4 Å². The number of benzene rings is 1. The number of thioether (sulfide) groups is 1. The number of nitrogens with zero attached hydrogens (tertiary/aromatic N) is 2. The van der Waals surface area contributed by atoms with Gasteiger partial charge in [0, 0.05) is 30.4 Å². The SMILES string of the molecule is CSc1nc(C)c(CCC(=O)NCc2ccc(Oc3cccnc3)c(F)c2)c(=O)[nH]1. The average molecular weight is 428 g/mol. The molecule has 2 heterocycles. The van der Waals surface area contributed by atoms with E-state index in [9.17, 15) is 14.0 Å². The molecule has 1 amide bonds. The van der Waals surface area contributed by atoms with Crippen LogP contribution in [0.25, 0.3) is 0 Å². The van der Waals surface area contributed by atoms with Crippen LogP contribution in [0.1, 0.15) is 23.2 Å². The number of halogens is 1. The van der Waals surface area contributed by atoms with E-state index in [1.54, 1.807) is 31.3 Å². The number of aryl methyl sites for hydroxylation is 1. The van der Waals surface area contributed by atoms with Crippen molar-refractivity contribution in [3.63, 3.8) is 0 Å². The Kier molecular flexibility index (Phi) is 7.18. The lowest BCUT2D eigenvalue weighted by Crippen LogP contribution is -2.25. The molecule has 3 aromatic rings. The summed E-state index contributed by atoms with van der Waals surface area (Å²) in [4.78, 5) is 35.2. The normalized spacial score (nSPS) is 10.6. The van der Waals surface area contributed by atoms with E-state index in [1.165, 1.54) is 30.1 Å². The van der Waals surface area contributed by atoms with Crippen molar-refractivity contribution in [3.8, 4) is 11.5 Å². The van der Waals surface area contributed by atoms with Gasteiger partial charge >= 0.3 is 0 Å². The maximum atomic E-state index is 14.3. The Morgan fingerprint density at radius 3 is 2.83 bits per heavy atom. The van der Waals surface area contributed by atoms with E-state index in [2.05, 4.69) is 20.3 Å². The predicted molar refractivity (Wildman–Crippen MR) is 112 cm³/mol. The highest BCUT2D eigenvalue weighted by molar-refractivity contribution is 7.98. The minimum Gasteiger partial charge on any atom is -0.453 e. The highest BCUT2D eigenvalue weighted by Gasteiger charge is 2.11. The van der Waals surface area contributed by atoms with Crippen molar-refractivity contribution in [1.82, 2.24) is 20.3 Å². The molecule has 1 aromatic carbocycles. The summed E-state index contributed by atoms with van der Waals surface area (Å²) in [6.45, 7) is 1.92. The number of hydrogen-bond acceptors (Lipinski definition) is 6. The first kappa shape index (κ1) is 21.5. The number of hydrogen-bond donors (Lipinski definition) is 2. The molecule has 0 saturated heterocycles. The van der Waals surface area contributed by atoms with Crippen LogP contribution in [0.2, 0.25) is 0 Å². The van der Waals surface area contributed by atoms with Crippen LogP contribution in [-0.4, -0.2) is 27.1 Å². The molecular weight excluding hydrogens is 407 g/mol. The van der Waals surface area contributed by atoms with Crippen molar-refractivity contribution in [3.05, 3.63) is 75.7 Å². The summed E-state index contributed by atoms with van der Waals surface area (Å²) in [6.07, 6.45) is 5.33. The third kappa shape index (κ3) is 5.66. The molecule has 0 fully saturated rings. The van der Waals surface area contributed by atoms with Gasteiger partial charge in [-0.2, -0.15) is 0 Å². The predicted octanol–water partition coefficient (Wildman–Crippen LogP) is 3.38. The fourth-order valence-corrected chi connectivity index (χ4v) is 3.20. The zero-order valence-corrected chi connectivity index (χ0v) is 17.4. The molecule has 0 atom stereocenters. The van der Waals surface area contributed by atoms with Gasteiger partial charge in [0.1, 0.15) is 5.75 Å². The molecule has 9 heteroatoms. The summed E-state index contributed by atoms with van der Waals surface area (Å²) in [6, 6.07) is 7.86. The Balaban J connectivity index is 1.54. The van der Waals surface area contributed by atoms with Crippen LogP contribution >= 0.6 is 11.8 Å². The second-order valence-electron chi connectivity index (χ2n) is 6.47. The van der Waals surface area contributed by atoms with Gasteiger partial charge in [-0.15, -0.1) is 0 Å². The van der Waals surface area contributed by atoms with E-state index >= 15 is 0 Å². The van der Waals surface area contributed by atoms with E-state index in [1.807, 2.05) is 6.26 Å². The van der Waals surface area contributed by atoms with Gasteiger partial charge in [-0.1, -0.05) is 17.8 Å². The summed E-state index contributed by atoms with van der Waals surface area (Å²) in [5.74, 6) is -0.261. The molecule has 0 unspecified atom stereocenters. The Hall–Kier alpha value is -3.20. The molecule has 2 aromatic heterocycles. The quantitative estimate of drug-likeness (QED) is 0.422. The molecule has 7 nitrogen and oxygen atoms in total. The number of carbonyl (C=O) groups excluding carboxylic acids is 1. The lowest BCUT2D eigenvalue weighted by molar-refractivity contribution is -0.121. The molecular formula is C21H21FN4O3S. The second kappa shape index (κ2) is 10.0. The van der Waals surface area contributed by atoms with Gasteiger partial charge < -0.3 is 15.0 Å². The number of amides is 1. The van der Waals surface area contributed by atoms with Crippen LogP contribution in [0.5, 0.6) is 11.5 Å². The minimum absolute atomic E-state index is 0.0777. The van der Waals surface area contributed by atoms with E-state index in [0.29, 0.717) is 27.7 Å². The Morgan fingerprint density at radius 2 is 2.17 bits per heavy atom. The van der Waals surface area contributed by atoms with Crippen molar-refractivity contribution < 1.29 is 13.9 Å². The maximum absolute atomic E-state index is 14.3. The number of pyridine rings is 1. The van der Waals surface area contributed by atoms with Crippen molar-refractivity contribution >= 4 is 17.7 Å². The van der Waals surface area contributed by atoms with Gasteiger partial charge in [0.2, 0.25) is 5.91 Å². The second-order valence-corrected chi connectivity index (χ2v) is 7.27. The molecule has 0 bridgehead atoms. The molecule has 0 aliphatic rings. The molecule has 0 aliphatic carbocycles. The molecule has 0 saturated carbocycles. The Bertz CT molecular complexity index is 1090. The van der Waals surface area contributed by atoms with Crippen molar-refractivity contribution in [2.24, 2.45) is 0 Å². The largest absolute Gasteiger partial charge is 0.453 e. The lowest BCUT2D eigenvalue weighted by Gasteiger charge is -2.09. The third-order valence-electron chi connectivity index (χ3n) is 4.34. The van der Waals surface area contributed by atoms with Crippen molar-refractivity contribution in [2.45, 2.75) is 31.5 Å².